The maximum absolute atomic E-state index is 12.1. The molecule has 0 aliphatic heterocycles. The number of carbonyl (C=O) groups is 1. The third kappa shape index (κ3) is 3.07. The molecule has 21 heavy (non-hydrogen) atoms. The molecule has 110 valence electrons. The Morgan fingerprint density at radius 1 is 1.52 bits per heavy atom. The van der Waals surface area contributed by atoms with Gasteiger partial charge in [0, 0.05) is 5.92 Å². The monoisotopic (exact) mass is 286 g/mol. The van der Waals surface area contributed by atoms with Gasteiger partial charge in [-0.2, -0.15) is 0 Å². The number of hydrogen-bond acceptors (Lipinski definition) is 4. The van der Waals surface area contributed by atoms with Gasteiger partial charge in [0.2, 0.25) is 11.8 Å². The van der Waals surface area contributed by atoms with Crippen molar-refractivity contribution in [1.29, 1.82) is 0 Å². The second-order valence-electron chi connectivity index (χ2n) is 5.31. The molecule has 5 nitrogen and oxygen atoms in total. The van der Waals surface area contributed by atoms with E-state index in [1.807, 2.05) is 31.2 Å². The summed E-state index contributed by atoms with van der Waals surface area (Å²) in [4.78, 5) is 16.2. The Kier molecular flexibility index (Phi) is 3.64. The molecular weight excluding hydrogens is 268 g/mol. The number of methoxy groups -OCH3 is 1. The Morgan fingerprint density at radius 3 is 3.10 bits per heavy atom. The van der Waals surface area contributed by atoms with E-state index >= 15 is 0 Å². The molecule has 1 heterocycles. The number of carbonyl (C=O) groups excluding carboxylic acids is 1. The second-order valence-corrected chi connectivity index (χ2v) is 5.31. The van der Waals surface area contributed by atoms with Crippen LogP contribution in [0.25, 0.3) is 0 Å². The Hall–Kier alpha value is -2.30. The van der Waals surface area contributed by atoms with E-state index in [1.165, 1.54) is 0 Å². The fourth-order valence-electron chi connectivity index (χ4n) is 2.50. The third-order valence-corrected chi connectivity index (χ3v) is 3.73. The number of nitrogens with one attached hydrogen (secondary N) is 1. The molecule has 1 aliphatic rings. The van der Waals surface area contributed by atoms with Crippen molar-refractivity contribution in [2.45, 2.75) is 25.8 Å². The summed E-state index contributed by atoms with van der Waals surface area (Å²) in [5.41, 5.74) is 1.15. The molecule has 0 spiro atoms. The van der Waals surface area contributed by atoms with Crippen LogP contribution in [0.5, 0.6) is 5.75 Å². The van der Waals surface area contributed by atoms with Crippen LogP contribution in [0.1, 0.15) is 29.6 Å². The lowest BCUT2D eigenvalue weighted by atomic mass is 10.1. The predicted molar refractivity (Wildman–Crippen MR) is 76.9 cm³/mol. The van der Waals surface area contributed by atoms with Crippen LogP contribution in [0, 0.1) is 12.8 Å². The molecule has 2 aromatic rings. The highest BCUT2D eigenvalue weighted by Crippen LogP contribution is 2.48. The van der Waals surface area contributed by atoms with Crippen LogP contribution in [-0.4, -0.2) is 18.0 Å². The number of rotatable bonds is 5. The van der Waals surface area contributed by atoms with E-state index in [0.29, 0.717) is 12.4 Å². The van der Waals surface area contributed by atoms with Crippen molar-refractivity contribution < 1.29 is 13.9 Å². The largest absolute Gasteiger partial charge is 0.497 e. The molecule has 0 saturated heterocycles. The number of ether oxygens (including phenoxy) is 1. The van der Waals surface area contributed by atoms with Gasteiger partial charge in [-0.15, -0.1) is 0 Å². The van der Waals surface area contributed by atoms with Crippen molar-refractivity contribution in [2.75, 3.05) is 7.11 Å². The van der Waals surface area contributed by atoms with Gasteiger partial charge in [0.15, 0.2) is 0 Å². The van der Waals surface area contributed by atoms with Gasteiger partial charge in [-0.3, -0.25) is 4.79 Å². The Labute approximate surface area is 123 Å². The molecule has 0 radical (unpaired) electrons. The molecule has 1 amide bonds. The molecule has 1 aliphatic carbocycles. The van der Waals surface area contributed by atoms with Gasteiger partial charge in [0.25, 0.3) is 0 Å². The highest BCUT2D eigenvalue weighted by atomic mass is 16.5. The lowest BCUT2D eigenvalue weighted by molar-refractivity contribution is -0.122. The smallest absolute Gasteiger partial charge is 0.224 e. The van der Waals surface area contributed by atoms with E-state index in [-0.39, 0.29) is 17.7 Å². The van der Waals surface area contributed by atoms with Crippen molar-refractivity contribution in [3.8, 4) is 5.75 Å². The number of nitrogens with zero attached hydrogens (tertiary/aromatic N) is 1. The van der Waals surface area contributed by atoms with Crippen LogP contribution < -0.4 is 10.1 Å². The zero-order valence-corrected chi connectivity index (χ0v) is 12.1. The first-order valence-electron chi connectivity index (χ1n) is 7.00. The molecule has 0 unspecified atom stereocenters. The third-order valence-electron chi connectivity index (χ3n) is 3.73. The number of aromatic nitrogens is 1. The summed E-state index contributed by atoms with van der Waals surface area (Å²) in [5, 5.41) is 2.88. The molecule has 1 fully saturated rings. The molecule has 1 N–H and O–H groups in total. The van der Waals surface area contributed by atoms with Crippen LogP contribution in [0.4, 0.5) is 0 Å². The van der Waals surface area contributed by atoms with E-state index in [0.717, 1.165) is 23.5 Å². The van der Waals surface area contributed by atoms with Gasteiger partial charge in [0.05, 0.1) is 19.9 Å². The van der Waals surface area contributed by atoms with Crippen molar-refractivity contribution in [3.63, 3.8) is 0 Å². The van der Waals surface area contributed by atoms with E-state index in [9.17, 15) is 4.79 Å². The van der Waals surface area contributed by atoms with Gasteiger partial charge in [-0.05, 0) is 37.0 Å². The van der Waals surface area contributed by atoms with Gasteiger partial charge < -0.3 is 14.5 Å². The highest BCUT2D eigenvalue weighted by Gasteiger charge is 2.43. The van der Waals surface area contributed by atoms with Crippen molar-refractivity contribution >= 4 is 5.91 Å². The van der Waals surface area contributed by atoms with Gasteiger partial charge in [-0.1, -0.05) is 12.1 Å². The molecule has 5 heteroatoms. The summed E-state index contributed by atoms with van der Waals surface area (Å²) >= 11 is 0. The second kappa shape index (κ2) is 5.60. The molecule has 1 saturated carbocycles. The summed E-state index contributed by atoms with van der Waals surface area (Å²) in [7, 11) is 1.65. The number of benzene rings is 1. The van der Waals surface area contributed by atoms with Crippen LogP contribution in [-0.2, 0) is 11.3 Å². The molecule has 1 aromatic heterocycles. The first kappa shape index (κ1) is 13.7. The quantitative estimate of drug-likeness (QED) is 0.916. The summed E-state index contributed by atoms with van der Waals surface area (Å²) in [5.74, 6) is 2.49. The van der Waals surface area contributed by atoms with Crippen molar-refractivity contribution in [3.05, 3.63) is 47.7 Å². The van der Waals surface area contributed by atoms with Crippen LogP contribution in [0.15, 0.2) is 34.9 Å². The minimum absolute atomic E-state index is 0.0353. The first-order valence-corrected chi connectivity index (χ1v) is 7.00. The first-order chi connectivity index (χ1) is 10.2. The summed E-state index contributed by atoms with van der Waals surface area (Å²) in [6.07, 6.45) is 2.53. The van der Waals surface area contributed by atoms with Gasteiger partial charge in [-0.25, -0.2) is 4.98 Å². The average molecular weight is 286 g/mol. The Morgan fingerprint density at radius 2 is 2.38 bits per heavy atom. The number of hydrogen-bond donors (Lipinski definition) is 1. The number of oxazole rings is 1. The summed E-state index contributed by atoms with van der Waals surface area (Å²) < 4.78 is 10.5. The van der Waals surface area contributed by atoms with Crippen LogP contribution in [0.2, 0.25) is 0 Å². The highest BCUT2D eigenvalue weighted by molar-refractivity contribution is 5.82. The van der Waals surface area contributed by atoms with E-state index in [4.69, 9.17) is 9.15 Å². The lowest BCUT2D eigenvalue weighted by Crippen LogP contribution is -2.25. The standard InChI is InChI=1S/C16H18N2O3/c1-10-8-17-15(21-10)9-18-16(19)14-7-13(14)11-4-3-5-12(6-11)20-2/h3-6,8,13-14H,7,9H2,1-2H3,(H,18,19)/t13-,14+/m0/s1. The van der Waals surface area contributed by atoms with Crippen LogP contribution >= 0.6 is 0 Å². The maximum Gasteiger partial charge on any atom is 0.224 e. The Bertz CT molecular complexity index is 650. The van der Waals surface area contributed by atoms with Crippen LogP contribution in [0.3, 0.4) is 0 Å². The normalized spacial score (nSPS) is 20.1. The lowest BCUT2D eigenvalue weighted by Gasteiger charge is -2.04. The van der Waals surface area contributed by atoms with E-state index in [2.05, 4.69) is 10.3 Å². The zero-order chi connectivity index (χ0) is 14.8. The Balaban J connectivity index is 1.55. The maximum atomic E-state index is 12.1. The average Bonchev–Trinajstić information content (AvgIpc) is 3.21. The summed E-state index contributed by atoms with van der Waals surface area (Å²) in [6.45, 7) is 2.17. The summed E-state index contributed by atoms with van der Waals surface area (Å²) in [6, 6.07) is 7.90. The van der Waals surface area contributed by atoms with E-state index in [1.54, 1.807) is 13.3 Å². The number of amides is 1. The zero-order valence-electron chi connectivity index (χ0n) is 12.1. The molecule has 0 bridgehead atoms. The number of aryl methyl sites for hydroxylation is 1. The SMILES string of the molecule is COc1cccc([C@@H]2C[C@H]2C(=O)NCc2ncc(C)o2)c1. The molecule has 1 aromatic carbocycles. The minimum Gasteiger partial charge on any atom is -0.497 e. The molecule has 3 rings (SSSR count). The molecule has 2 atom stereocenters. The fourth-order valence-corrected chi connectivity index (χ4v) is 2.50. The minimum atomic E-state index is 0.0353. The topological polar surface area (TPSA) is 64.4 Å². The fraction of sp³-hybridized carbons (Fsp3) is 0.375. The van der Waals surface area contributed by atoms with Crippen molar-refractivity contribution in [2.24, 2.45) is 5.92 Å². The predicted octanol–water partition coefficient (Wildman–Crippen LogP) is 2.41. The van der Waals surface area contributed by atoms with Gasteiger partial charge in [0.1, 0.15) is 11.5 Å². The van der Waals surface area contributed by atoms with Gasteiger partial charge >= 0.3 is 0 Å². The van der Waals surface area contributed by atoms with E-state index < -0.39 is 0 Å². The molecular formula is C16H18N2O3. The van der Waals surface area contributed by atoms with Crippen molar-refractivity contribution in [1.82, 2.24) is 10.3 Å².